The van der Waals surface area contributed by atoms with Crippen molar-refractivity contribution < 1.29 is 9.15 Å². The zero-order chi connectivity index (χ0) is 20.5. The zero-order valence-electron chi connectivity index (χ0n) is 17.0. The molecule has 0 aliphatic rings. The monoisotopic (exact) mass is 398 g/mol. The van der Waals surface area contributed by atoms with Gasteiger partial charge in [0.05, 0.1) is 7.11 Å². The van der Waals surface area contributed by atoms with Gasteiger partial charge in [0, 0.05) is 16.2 Å². The van der Waals surface area contributed by atoms with Gasteiger partial charge in [-0.2, -0.15) is 0 Å². The fourth-order valence-electron chi connectivity index (χ4n) is 5.17. The topological polar surface area (TPSA) is 22.4 Å². The maximum Gasteiger partial charge on any atom is 0.136 e. The third-order valence-electron chi connectivity index (χ3n) is 6.52. The fourth-order valence-corrected chi connectivity index (χ4v) is 5.17. The summed E-state index contributed by atoms with van der Waals surface area (Å²) in [4.78, 5) is 0. The highest BCUT2D eigenvalue weighted by atomic mass is 16.5. The molecule has 31 heavy (non-hydrogen) atoms. The molecule has 0 unspecified atom stereocenters. The maximum atomic E-state index is 6.25. The molecule has 2 heteroatoms. The van der Waals surface area contributed by atoms with Crippen LogP contribution in [0, 0.1) is 0 Å². The minimum atomic E-state index is 0.900. The van der Waals surface area contributed by atoms with E-state index in [1.54, 1.807) is 7.11 Å². The van der Waals surface area contributed by atoms with Crippen molar-refractivity contribution in [1.29, 1.82) is 0 Å². The zero-order valence-corrected chi connectivity index (χ0v) is 17.0. The third-order valence-corrected chi connectivity index (χ3v) is 6.52. The van der Waals surface area contributed by atoms with Crippen LogP contribution in [-0.4, -0.2) is 7.11 Å². The smallest absolute Gasteiger partial charge is 0.136 e. The Morgan fingerprint density at radius 2 is 1.10 bits per heavy atom. The number of rotatable bonds is 1. The highest BCUT2D eigenvalue weighted by molar-refractivity contribution is 6.33. The average Bonchev–Trinajstić information content (AvgIpc) is 3.20. The molecule has 7 rings (SSSR count). The Hall–Kier alpha value is -4.04. The van der Waals surface area contributed by atoms with E-state index in [2.05, 4.69) is 78.9 Å². The molecule has 0 aliphatic carbocycles. The second-order valence-electron chi connectivity index (χ2n) is 8.08. The quantitative estimate of drug-likeness (QED) is 0.260. The normalized spacial score (nSPS) is 12.0. The van der Waals surface area contributed by atoms with Gasteiger partial charge in [-0.15, -0.1) is 0 Å². The molecule has 7 aromatic rings. The minimum Gasteiger partial charge on any atom is -0.496 e. The number of ether oxygens (including phenoxy) is 1. The number of benzene rings is 6. The summed E-state index contributed by atoms with van der Waals surface area (Å²) in [5.41, 5.74) is 1.85. The van der Waals surface area contributed by atoms with Gasteiger partial charge in [-0.3, -0.25) is 0 Å². The number of fused-ring (bicyclic) bond motifs is 11. The average molecular weight is 398 g/mol. The van der Waals surface area contributed by atoms with Crippen molar-refractivity contribution in [3.05, 3.63) is 91.0 Å². The largest absolute Gasteiger partial charge is 0.496 e. The molecule has 0 saturated carbocycles. The molecule has 0 spiro atoms. The summed E-state index contributed by atoms with van der Waals surface area (Å²) in [7, 11) is 1.74. The van der Waals surface area contributed by atoms with E-state index in [9.17, 15) is 0 Å². The first-order valence-corrected chi connectivity index (χ1v) is 10.5. The molecule has 1 heterocycles. The molecule has 0 fully saturated rings. The molecule has 0 atom stereocenters. The van der Waals surface area contributed by atoms with Gasteiger partial charge in [-0.1, -0.05) is 66.7 Å². The standard InChI is InChI=1S/C29H18O2/c1-30-27-15-24-18-9-3-2-8-17(18)22-14-23-20-11-6-7-13-26(20)31-28(23)16-25(22)29(24)21-12-5-4-10-19(21)27/h2-16H,1H3. The summed E-state index contributed by atoms with van der Waals surface area (Å²) in [6, 6.07) is 32.1. The lowest BCUT2D eigenvalue weighted by Crippen LogP contribution is -1.89. The lowest BCUT2D eigenvalue weighted by molar-refractivity contribution is 0.420. The van der Waals surface area contributed by atoms with Crippen LogP contribution in [0.2, 0.25) is 0 Å². The molecule has 0 radical (unpaired) electrons. The van der Waals surface area contributed by atoms with Crippen LogP contribution in [0.3, 0.4) is 0 Å². The van der Waals surface area contributed by atoms with Gasteiger partial charge < -0.3 is 9.15 Å². The summed E-state index contributed by atoms with van der Waals surface area (Å²) in [6.45, 7) is 0. The molecule has 0 aliphatic heterocycles. The molecule has 0 N–H and O–H groups in total. The number of hydrogen-bond donors (Lipinski definition) is 0. The van der Waals surface area contributed by atoms with E-state index in [4.69, 9.17) is 9.15 Å². The van der Waals surface area contributed by atoms with Gasteiger partial charge in [0.1, 0.15) is 16.9 Å². The summed E-state index contributed by atoms with van der Waals surface area (Å²) in [6.07, 6.45) is 0. The Bertz CT molecular complexity index is 1820. The first-order chi connectivity index (χ1) is 15.3. The van der Waals surface area contributed by atoms with Gasteiger partial charge in [0.2, 0.25) is 0 Å². The van der Waals surface area contributed by atoms with E-state index in [0.717, 1.165) is 33.1 Å². The number of para-hydroxylation sites is 1. The van der Waals surface area contributed by atoms with Crippen LogP contribution in [0.1, 0.15) is 0 Å². The third kappa shape index (κ3) is 2.17. The van der Waals surface area contributed by atoms with Crippen LogP contribution >= 0.6 is 0 Å². The van der Waals surface area contributed by atoms with E-state index in [-0.39, 0.29) is 0 Å². The summed E-state index contributed by atoms with van der Waals surface area (Å²) < 4.78 is 12.0. The number of methoxy groups -OCH3 is 1. The number of furan rings is 1. The Balaban J connectivity index is 1.83. The molecular weight excluding hydrogens is 380 g/mol. The Kier molecular flexibility index (Phi) is 3.23. The first kappa shape index (κ1) is 16.7. The SMILES string of the molecule is COc1cc2c3ccccc3c3cc4c(cc3c2c2ccccc12)oc1ccccc14. The summed E-state index contributed by atoms with van der Waals surface area (Å²) in [5, 5.41) is 12.0. The molecule has 0 amide bonds. The molecule has 6 aromatic carbocycles. The molecule has 1 aromatic heterocycles. The van der Waals surface area contributed by atoms with Crippen molar-refractivity contribution >= 4 is 65.0 Å². The van der Waals surface area contributed by atoms with Crippen molar-refractivity contribution in [2.45, 2.75) is 0 Å². The molecule has 0 saturated heterocycles. The second-order valence-corrected chi connectivity index (χ2v) is 8.08. The predicted octanol–water partition coefficient (Wildman–Crippen LogP) is 8.21. The van der Waals surface area contributed by atoms with Crippen molar-refractivity contribution in [1.82, 2.24) is 0 Å². The van der Waals surface area contributed by atoms with Crippen LogP contribution in [-0.2, 0) is 0 Å². The van der Waals surface area contributed by atoms with Crippen LogP contribution in [0.4, 0.5) is 0 Å². The van der Waals surface area contributed by atoms with Gasteiger partial charge in [0.15, 0.2) is 0 Å². The fraction of sp³-hybridized carbons (Fsp3) is 0.0345. The Morgan fingerprint density at radius 1 is 0.484 bits per heavy atom. The van der Waals surface area contributed by atoms with Crippen molar-refractivity contribution in [2.24, 2.45) is 0 Å². The van der Waals surface area contributed by atoms with Gasteiger partial charge >= 0.3 is 0 Å². The van der Waals surface area contributed by atoms with Crippen molar-refractivity contribution in [3.8, 4) is 5.75 Å². The molecular formula is C29H18O2. The highest BCUT2D eigenvalue weighted by Crippen LogP contribution is 2.44. The van der Waals surface area contributed by atoms with E-state index in [1.807, 2.05) is 12.1 Å². The Labute approximate surface area is 178 Å². The summed E-state index contributed by atoms with van der Waals surface area (Å²) in [5.74, 6) is 0.900. The Morgan fingerprint density at radius 3 is 1.87 bits per heavy atom. The van der Waals surface area contributed by atoms with E-state index >= 15 is 0 Å². The van der Waals surface area contributed by atoms with Crippen LogP contribution in [0.5, 0.6) is 5.75 Å². The van der Waals surface area contributed by atoms with Crippen LogP contribution < -0.4 is 4.74 Å². The maximum absolute atomic E-state index is 6.25. The summed E-state index contributed by atoms with van der Waals surface area (Å²) >= 11 is 0. The molecule has 0 bridgehead atoms. The number of hydrogen-bond acceptors (Lipinski definition) is 2. The molecule has 146 valence electrons. The van der Waals surface area contributed by atoms with Gasteiger partial charge in [-0.05, 0) is 62.0 Å². The first-order valence-electron chi connectivity index (χ1n) is 10.5. The second kappa shape index (κ2) is 5.99. The minimum absolute atomic E-state index is 0.900. The van der Waals surface area contributed by atoms with E-state index < -0.39 is 0 Å². The predicted molar refractivity (Wildman–Crippen MR) is 130 cm³/mol. The van der Waals surface area contributed by atoms with E-state index in [0.29, 0.717) is 0 Å². The van der Waals surface area contributed by atoms with Crippen LogP contribution in [0.15, 0.2) is 95.4 Å². The highest BCUT2D eigenvalue weighted by Gasteiger charge is 2.16. The lowest BCUT2D eigenvalue weighted by Gasteiger charge is -2.15. The van der Waals surface area contributed by atoms with Gasteiger partial charge in [0.25, 0.3) is 0 Å². The van der Waals surface area contributed by atoms with Crippen LogP contribution in [0.25, 0.3) is 65.0 Å². The van der Waals surface area contributed by atoms with E-state index in [1.165, 1.54) is 37.7 Å². The van der Waals surface area contributed by atoms with Crippen molar-refractivity contribution in [3.63, 3.8) is 0 Å². The lowest BCUT2D eigenvalue weighted by atomic mass is 9.90. The molecule has 2 nitrogen and oxygen atoms in total. The van der Waals surface area contributed by atoms with Crippen molar-refractivity contribution in [2.75, 3.05) is 7.11 Å². The van der Waals surface area contributed by atoms with Gasteiger partial charge in [-0.25, -0.2) is 0 Å².